The van der Waals surface area contributed by atoms with Crippen molar-refractivity contribution in [2.45, 2.75) is 28.7 Å². The van der Waals surface area contributed by atoms with Crippen molar-refractivity contribution < 1.29 is 17.6 Å². The Morgan fingerprint density at radius 1 is 1.00 bits per heavy atom. The number of hydrogen-bond acceptors (Lipinski definition) is 5. The second-order valence-corrected chi connectivity index (χ2v) is 9.11. The molecule has 1 heterocycles. The van der Waals surface area contributed by atoms with Crippen LogP contribution in [0.25, 0.3) is 0 Å². The first-order valence-electron chi connectivity index (χ1n) is 8.48. The molecular weight excluding hydrogens is 396 g/mol. The van der Waals surface area contributed by atoms with Gasteiger partial charge in [-0.1, -0.05) is 29.5 Å². The van der Waals surface area contributed by atoms with Gasteiger partial charge in [0.15, 0.2) is 5.76 Å². The van der Waals surface area contributed by atoms with E-state index in [0.29, 0.717) is 5.69 Å². The first-order valence-corrected chi connectivity index (χ1v) is 10.8. The molecule has 1 amide bonds. The lowest BCUT2D eigenvalue weighted by Gasteiger charge is -2.08. The third kappa shape index (κ3) is 4.64. The molecule has 0 saturated carbocycles. The average Bonchev–Trinajstić information content (AvgIpc) is 3.17. The first-order chi connectivity index (χ1) is 13.3. The Balaban J connectivity index is 1.68. The van der Waals surface area contributed by atoms with Gasteiger partial charge in [0.05, 0.1) is 0 Å². The van der Waals surface area contributed by atoms with Gasteiger partial charge in [-0.3, -0.25) is 4.79 Å². The summed E-state index contributed by atoms with van der Waals surface area (Å²) in [6, 6.07) is 16.3. The smallest absolute Gasteiger partial charge is 0.291 e. The Labute approximate surface area is 168 Å². The maximum absolute atomic E-state index is 12.3. The van der Waals surface area contributed by atoms with Gasteiger partial charge in [-0.15, -0.1) is 0 Å². The zero-order valence-electron chi connectivity index (χ0n) is 15.6. The summed E-state index contributed by atoms with van der Waals surface area (Å²) in [5.74, 6) is -0.602. The first kappa shape index (κ1) is 20.2. The monoisotopic (exact) mass is 416 g/mol. The van der Waals surface area contributed by atoms with Crippen molar-refractivity contribution in [1.82, 2.24) is 4.72 Å². The molecule has 8 heteroatoms. The van der Waals surface area contributed by atoms with Crippen molar-refractivity contribution in [3.63, 3.8) is 0 Å². The third-order valence-electron chi connectivity index (χ3n) is 4.01. The lowest BCUT2D eigenvalue weighted by Crippen LogP contribution is -2.18. The van der Waals surface area contributed by atoms with Crippen LogP contribution in [0, 0.1) is 13.8 Å². The number of amides is 1. The van der Waals surface area contributed by atoms with Crippen molar-refractivity contribution in [1.29, 1.82) is 0 Å². The summed E-state index contributed by atoms with van der Waals surface area (Å²) in [4.78, 5) is 14.5. The Morgan fingerprint density at radius 2 is 1.71 bits per heavy atom. The average molecular weight is 417 g/mol. The number of benzene rings is 2. The molecule has 0 atom stereocenters. The standard InChI is InChI=1S/C20H20N2O4S2/c1-13-4-10-18(14(2)12-13)27-16-7-5-15(6-8-16)22-20(23)17-9-11-19(26-17)28(24,25)21-3/h4-12,21H,1-3H3,(H,22,23). The fourth-order valence-electron chi connectivity index (χ4n) is 2.53. The van der Waals surface area contributed by atoms with Gasteiger partial charge in [-0.05, 0) is 68.9 Å². The summed E-state index contributed by atoms with van der Waals surface area (Å²) in [5, 5.41) is 2.39. The van der Waals surface area contributed by atoms with E-state index in [1.54, 1.807) is 23.9 Å². The van der Waals surface area contributed by atoms with E-state index in [-0.39, 0.29) is 10.9 Å². The molecule has 2 aromatic carbocycles. The quantitative estimate of drug-likeness (QED) is 0.628. The minimum absolute atomic E-state index is 0.0810. The van der Waals surface area contributed by atoms with Gasteiger partial charge < -0.3 is 9.73 Å². The molecule has 146 valence electrons. The highest BCUT2D eigenvalue weighted by atomic mass is 32.2. The number of anilines is 1. The predicted octanol–water partition coefficient (Wildman–Crippen LogP) is 4.21. The molecule has 3 rings (SSSR count). The minimum Gasteiger partial charge on any atom is -0.438 e. The van der Waals surface area contributed by atoms with Crippen molar-refractivity contribution >= 4 is 33.4 Å². The SMILES string of the molecule is CNS(=O)(=O)c1ccc(C(=O)Nc2ccc(Sc3ccc(C)cc3C)cc2)o1. The molecule has 0 saturated heterocycles. The minimum atomic E-state index is -3.72. The van der Waals surface area contributed by atoms with E-state index in [2.05, 4.69) is 42.1 Å². The van der Waals surface area contributed by atoms with Gasteiger partial charge in [0, 0.05) is 15.5 Å². The Kier molecular flexibility index (Phi) is 5.93. The maximum Gasteiger partial charge on any atom is 0.291 e. The molecule has 3 aromatic rings. The predicted molar refractivity (Wildman–Crippen MR) is 109 cm³/mol. The van der Waals surface area contributed by atoms with Crippen molar-refractivity contribution in [2.75, 3.05) is 12.4 Å². The van der Waals surface area contributed by atoms with E-state index in [9.17, 15) is 13.2 Å². The van der Waals surface area contributed by atoms with Crippen LogP contribution in [0.1, 0.15) is 21.7 Å². The number of furan rings is 1. The highest BCUT2D eigenvalue weighted by molar-refractivity contribution is 7.99. The lowest BCUT2D eigenvalue weighted by atomic mass is 10.2. The van der Waals surface area contributed by atoms with Crippen molar-refractivity contribution in [3.8, 4) is 0 Å². The number of carbonyl (C=O) groups excluding carboxylic acids is 1. The maximum atomic E-state index is 12.3. The number of carbonyl (C=O) groups is 1. The van der Waals surface area contributed by atoms with Crippen LogP contribution in [0.5, 0.6) is 0 Å². The van der Waals surface area contributed by atoms with E-state index in [1.807, 2.05) is 12.1 Å². The van der Waals surface area contributed by atoms with Gasteiger partial charge >= 0.3 is 0 Å². The fourth-order valence-corrected chi connectivity index (χ4v) is 4.06. The van der Waals surface area contributed by atoms with Gasteiger partial charge in [-0.25, -0.2) is 13.1 Å². The number of rotatable bonds is 6. The Hall–Kier alpha value is -2.55. The van der Waals surface area contributed by atoms with Crippen molar-refractivity contribution in [2.24, 2.45) is 0 Å². The lowest BCUT2D eigenvalue weighted by molar-refractivity contribution is 0.0991. The van der Waals surface area contributed by atoms with Crippen LogP contribution in [0.2, 0.25) is 0 Å². The molecule has 0 aliphatic heterocycles. The number of aryl methyl sites for hydroxylation is 2. The molecule has 0 spiro atoms. The van der Waals surface area contributed by atoms with E-state index in [4.69, 9.17) is 4.42 Å². The molecule has 0 bridgehead atoms. The second-order valence-electron chi connectivity index (χ2n) is 6.18. The van der Waals surface area contributed by atoms with Crippen LogP contribution < -0.4 is 10.0 Å². The third-order valence-corrected chi connectivity index (χ3v) is 6.48. The molecular formula is C20H20N2O4S2. The summed E-state index contributed by atoms with van der Waals surface area (Å²) in [7, 11) is -2.45. The van der Waals surface area contributed by atoms with Gasteiger partial charge in [0.2, 0.25) is 5.09 Å². The normalized spacial score (nSPS) is 11.4. The molecule has 0 radical (unpaired) electrons. The molecule has 28 heavy (non-hydrogen) atoms. The zero-order chi connectivity index (χ0) is 20.3. The van der Waals surface area contributed by atoms with Crippen LogP contribution in [-0.2, 0) is 10.0 Å². The largest absolute Gasteiger partial charge is 0.438 e. The highest BCUT2D eigenvalue weighted by Crippen LogP contribution is 2.31. The van der Waals surface area contributed by atoms with Crippen molar-refractivity contribution in [3.05, 3.63) is 71.5 Å². The number of sulfonamides is 1. The van der Waals surface area contributed by atoms with Gasteiger partial charge in [-0.2, -0.15) is 0 Å². The molecule has 0 aliphatic carbocycles. The van der Waals surface area contributed by atoms with Gasteiger partial charge in [0.25, 0.3) is 15.9 Å². The summed E-state index contributed by atoms with van der Waals surface area (Å²) in [6.07, 6.45) is 0. The van der Waals surface area contributed by atoms with Crippen LogP contribution in [-0.4, -0.2) is 21.4 Å². The summed E-state index contributed by atoms with van der Waals surface area (Å²) >= 11 is 1.65. The van der Waals surface area contributed by atoms with Crippen LogP contribution in [0.15, 0.2) is 73.9 Å². The molecule has 0 unspecified atom stereocenters. The van der Waals surface area contributed by atoms with Gasteiger partial charge in [0.1, 0.15) is 0 Å². The molecule has 1 aromatic heterocycles. The summed E-state index contributed by atoms with van der Waals surface area (Å²) < 4.78 is 30.6. The number of hydrogen-bond donors (Lipinski definition) is 2. The fraction of sp³-hybridized carbons (Fsp3) is 0.150. The van der Waals surface area contributed by atoms with Crippen LogP contribution in [0.3, 0.4) is 0 Å². The van der Waals surface area contributed by atoms with E-state index in [0.717, 1.165) is 4.90 Å². The number of nitrogens with one attached hydrogen (secondary N) is 2. The van der Waals surface area contributed by atoms with E-state index in [1.165, 1.54) is 35.2 Å². The molecule has 0 fully saturated rings. The topological polar surface area (TPSA) is 88.4 Å². The van der Waals surface area contributed by atoms with Crippen LogP contribution in [0.4, 0.5) is 5.69 Å². The summed E-state index contributed by atoms with van der Waals surface area (Å²) in [6.45, 7) is 4.14. The molecule has 0 aliphatic rings. The molecule has 2 N–H and O–H groups in total. The Bertz CT molecular complexity index is 1100. The Morgan fingerprint density at radius 3 is 2.36 bits per heavy atom. The highest BCUT2D eigenvalue weighted by Gasteiger charge is 2.19. The zero-order valence-corrected chi connectivity index (χ0v) is 17.3. The summed E-state index contributed by atoms with van der Waals surface area (Å²) in [5.41, 5.74) is 3.03. The van der Waals surface area contributed by atoms with Crippen LogP contribution >= 0.6 is 11.8 Å². The second kappa shape index (κ2) is 8.22. The van der Waals surface area contributed by atoms with E-state index < -0.39 is 15.9 Å². The molecule has 6 nitrogen and oxygen atoms in total. The van der Waals surface area contributed by atoms with E-state index >= 15 is 0 Å².